The summed E-state index contributed by atoms with van der Waals surface area (Å²) in [5, 5.41) is 4.97. The quantitative estimate of drug-likeness (QED) is 0.660. The Bertz CT molecular complexity index is 987. The number of thiazole rings is 1. The lowest BCUT2D eigenvalue weighted by atomic mass is 10.0. The second-order valence-electron chi connectivity index (χ2n) is 7.08. The van der Waals surface area contributed by atoms with Crippen LogP contribution in [-0.4, -0.2) is 45.8 Å². The monoisotopic (exact) mass is 422 g/mol. The van der Waals surface area contributed by atoms with E-state index in [0.717, 1.165) is 18.5 Å². The summed E-state index contributed by atoms with van der Waals surface area (Å²) in [5.74, 6) is 0.497. The minimum absolute atomic E-state index is 0.0221. The molecule has 154 valence electrons. The second kappa shape index (κ2) is 9.49. The molecule has 3 heterocycles. The van der Waals surface area contributed by atoms with Gasteiger partial charge in [-0.2, -0.15) is 0 Å². The number of rotatable bonds is 6. The molecule has 1 aliphatic heterocycles. The summed E-state index contributed by atoms with van der Waals surface area (Å²) in [7, 11) is 0. The zero-order valence-corrected chi connectivity index (χ0v) is 17.2. The molecule has 0 spiro atoms. The molecule has 8 heteroatoms. The van der Waals surface area contributed by atoms with Crippen molar-refractivity contribution < 1.29 is 14.3 Å². The standard InChI is InChI=1S/C22H22N4O3S/c27-21(17-4-2-8-23-12-17)25-18-6-9-26(10-7-18)22(28)16-3-1-5-20(11-16)29-13-19-14-30-15-24-19/h1-5,8,11-12,14-15,18H,6-7,9-10,13H2,(H,25,27). The molecule has 1 saturated heterocycles. The molecule has 2 aromatic heterocycles. The highest BCUT2D eigenvalue weighted by atomic mass is 32.1. The Morgan fingerprint density at radius 3 is 2.73 bits per heavy atom. The fourth-order valence-corrected chi connectivity index (χ4v) is 3.90. The molecule has 30 heavy (non-hydrogen) atoms. The summed E-state index contributed by atoms with van der Waals surface area (Å²) in [6.45, 7) is 1.57. The third-order valence-electron chi connectivity index (χ3n) is 4.99. The van der Waals surface area contributed by atoms with Gasteiger partial charge in [-0.05, 0) is 43.2 Å². The van der Waals surface area contributed by atoms with Gasteiger partial charge in [-0.25, -0.2) is 4.98 Å². The molecule has 1 fully saturated rings. The number of piperidine rings is 1. The van der Waals surface area contributed by atoms with Gasteiger partial charge in [0.15, 0.2) is 0 Å². The van der Waals surface area contributed by atoms with Gasteiger partial charge in [-0.15, -0.1) is 11.3 Å². The fraction of sp³-hybridized carbons (Fsp3) is 0.273. The zero-order valence-electron chi connectivity index (χ0n) is 16.4. The van der Waals surface area contributed by atoms with Gasteiger partial charge in [0.1, 0.15) is 12.4 Å². The first-order valence-corrected chi connectivity index (χ1v) is 10.7. The predicted octanol–water partition coefficient (Wildman–Crippen LogP) is 3.15. The Morgan fingerprint density at radius 2 is 2.00 bits per heavy atom. The summed E-state index contributed by atoms with van der Waals surface area (Å²) in [6, 6.07) is 10.8. The van der Waals surface area contributed by atoms with E-state index < -0.39 is 0 Å². The van der Waals surface area contributed by atoms with E-state index >= 15 is 0 Å². The number of nitrogens with zero attached hydrogens (tertiary/aromatic N) is 3. The summed E-state index contributed by atoms with van der Waals surface area (Å²) < 4.78 is 5.75. The van der Waals surface area contributed by atoms with Crippen LogP contribution in [0.15, 0.2) is 59.7 Å². The van der Waals surface area contributed by atoms with E-state index in [0.29, 0.717) is 36.6 Å². The predicted molar refractivity (Wildman–Crippen MR) is 114 cm³/mol. The first-order valence-electron chi connectivity index (χ1n) is 9.79. The molecule has 1 N–H and O–H groups in total. The maximum Gasteiger partial charge on any atom is 0.253 e. The molecule has 1 aliphatic rings. The second-order valence-corrected chi connectivity index (χ2v) is 7.80. The van der Waals surface area contributed by atoms with Crippen molar-refractivity contribution in [3.05, 3.63) is 76.5 Å². The fourth-order valence-electron chi connectivity index (χ4n) is 3.36. The third kappa shape index (κ3) is 5.01. The largest absolute Gasteiger partial charge is 0.487 e. The molecule has 0 bridgehead atoms. The molecule has 3 aromatic rings. The van der Waals surface area contributed by atoms with E-state index in [2.05, 4.69) is 15.3 Å². The smallest absolute Gasteiger partial charge is 0.253 e. The van der Waals surface area contributed by atoms with Crippen molar-refractivity contribution in [3.63, 3.8) is 0 Å². The van der Waals surface area contributed by atoms with Crippen LogP contribution in [0.5, 0.6) is 5.75 Å². The molecule has 0 radical (unpaired) electrons. The summed E-state index contributed by atoms with van der Waals surface area (Å²) in [5.41, 5.74) is 3.78. The molecule has 0 unspecified atom stereocenters. The highest BCUT2D eigenvalue weighted by Crippen LogP contribution is 2.19. The van der Waals surface area contributed by atoms with E-state index in [1.54, 1.807) is 42.2 Å². The lowest BCUT2D eigenvalue weighted by molar-refractivity contribution is 0.0697. The van der Waals surface area contributed by atoms with Gasteiger partial charge in [0.2, 0.25) is 0 Å². The number of hydrogen-bond donors (Lipinski definition) is 1. The topological polar surface area (TPSA) is 84.4 Å². The lowest BCUT2D eigenvalue weighted by Gasteiger charge is -2.32. The Balaban J connectivity index is 1.30. The molecule has 0 saturated carbocycles. The minimum Gasteiger partial charge on any atom is -0.487 e. The van der Waals surface area contributed by atoms with Crippen LogP contribution in [0.2, 0.25) is 0 Å². The SMILES string of the molecule is O=C(NC1CCN(C(=O)c2cccc(OCc3cscn3)c2)CC1)c1cccnc1. The number of aromatic nitrogens is 2. The van der Waals surface area contributed by atoms with Crippen molar-refractivity contribution >= 4 is 23.2 Å². The molecule has 4 rings (SSSR count). The minimum atomic E-state index is -0.127. The van der Waals surface area contributed by atoms with E-state index in [-0.39, 0.29) is 17.9 Å². The van der Waals surface area contributed by atoms with Gasteiger partial charge >= 0.3 is 0 Å². The number of carbonyl (C=O) groups is 2. The Morgan fingerprint density at radius 1 is 1.17 bits per heavy atom. The first-order chi connectivity index (χ1) is 14.7. The van der Waals surface area contributed by atoms with Crippen molar-refractivity contribution in [1.29, 1.82) is 0 Å². The molecule has 0 aliphatic carbocycles. The Kier molecular flexibility index (Phi) is 6.34. The highest BCUT2D eigenvalue weighted by Gasteiger charge is 2.25. The van der Waals surface area contributed by atoms with Crippen molar-refractivity contribution in [1.82, 2.24) is 20.2 Å². The molecule has 2 amide bonds. The van der Waals surface area contributed by atoms with E-state index in [4.69, 9.17) is 4.74 Å². The number of ether oxygens (including phenoxy) is 1. The average molecular weight is 423 g/mol. The molecule has 7 nitrogen and oxygen atoms in total. The number of likely N-dealkylation sites (tertiary alicyclic amines) is 1. The number of benzene rings is 1. The summed E-state index contributed by atoms with van der Waals surface area (Å²) in [6.07, 6.45) is 4.63. The average Bonchev–Trinajstić information content (AvgIpc) is 3.32. The van der Waals surface area contributed by atoms with Crippen molar-refractivity contribution in [3.8, 4) is 5.75 Å². The Hall–Kier alpha value is -3.26. The van der Waals surface area contributed by atoms with Crippen LogP contribution in [0.1, 0.15) is 39.3 Å². The van der Waals surface area contributed by atoms with Gasteiger partial charge in [0, 0.05) is 42.5 Å². The van der Waals surface area contributed by atoms with Gasteiger partial charge in [0.25, 0.3) is 11.8 Å². The van der Waals surface area contributed by atoms with Crippen LogP contribution in [0.25, 0.3) is 0 Å². The van der Waals surface area contributed by atoms with Crippen molar-refractivity contribution in [2.75, 3.05) is 13.1 Å². The van der Waals surface area contributed by atoms with Crippen LogP contribution in [-0.2, 0) is 6.61 Å². The first kappa shape index (κ1) is 20.0. The van der Waals surface area contributed by atoms with Gasteiger partial charge in [-0.3, -0.25) is 14.6 Å². The molecular weight excluding hydrogens is 400 g/mol. The summed E-state index contributed by atoms with van der Waals surface area (Å²) in [4.78, 5) is 35.2. The van der Waals surface area contributed by atoms with Crippen LogP contribution < -0.4 is 10.1 Å². The maximum atomic E-state index is 12.9. The number of amides is 2. The zero-order chi connectivity index (χ0) is 20.8. The normalized spacial score (nSPS) is 14.3. The van der Waals surface area contributed by atoms with E-state index in [1.165, 1.54) is 11.3 Å². The number of nitrogens with one attached hydrogen (secondary N) is 1. The molecule has 1 aromatic carbocycles. The third-order valence-corrected chi connectivity index (χ3v) is 5.63. The van der Waals surface area contributed by atoms with Gasteiger partial charge < -0.3 is 15.0 Å². The van der Waals surface area contributed by atoms with Crippen LogP contribution in [0.3, 0.4) is 0 Å². The lowest BCUT2D eigenvalue weighted by Crippen LogP contribution is -2.46. The maximum absolute atomic E-state index is 12.9. The number of pyridine rings is 1. The van der Waals surface area contributed by atoms with E-state index in [9.17, 15) is 9.59 Å². The molecule has 0 atom stereocenters. The van der Waals surface area contributed by atoms with E-state index in [1.807, 2.05) is 22.4 Å². The highest BCUT2D eigenvalue weighted by molar-refractivity contribution is 7.07. The van der Waals surface area contributed by atoms with Crippen molar-refractivity contribution in [2.45, 2.75) is 25.5 Å². The van der Waals surface area contributed by atoms with Crippen molar-refractivity contribution in [2.24, 2.45) is 0 Å². The number of hydrogen-bond acceptors (Lipinski definition) is 6. The van der Waals surface area contributed by atoms with Crippen LogP contribution >= 0.6 is 11.3 Å². The Labute approximate surface area is 178 Å². The number of carbonyl (C=O) groups excluding carboxylic acids is 2. The van der Waals surface area contributed by atoms with Gasteiger partial charge in [-0.1, -0.05) is 6.07 Å². The molecular formula is C22H22N4O3S. The van der Waals surface area contributed by atoms with Crippen LogP contribution in [0, 0.1) is 0 Å². The summed E-state index contributed by atoms with van der Waals surface area (Å²) >= 11 is 1.52. The van der Waals surface area contributed by atoms with Crippen LogP contribution in [0.4, 0.5) is 0 Å². The van der Waals surface area contributed by atoms with Gasteiger partial charge in [0.05, 0.1) is 16.8 Å².